The first-order chi connectivity index (χ1) is 15.5. The Morgan fingerprint density at radius 3 is 2.06 bits per heavy atom. The number of carboxylic acid groups (broad SMARTS) is 1. The van der Waals surface area contributed by atoms with E-state index in [0.29, 0.717) is 11.3 Å². The normalized spacial score (nSPS) is 15.4. The number of aliphatic carboxylic acids is 1. The van der Waals surface area contributed by atoms with Crippen molar-refractivity contribution in [3.8, 4) is 5.75 Å². The quantitative estimate of drug-likeness (QED) is 0.183. The summed E-state index contributed by atoms with van der Waals surface area (Å²) < 4.78 is 0. The van der Waals surface area contributed by atoms with Crippen LogP contribution in [0.25, 0.3) is 0 Å². The number of phenolic OH excluding ortho intramolecular Hbond substituents is 1. The number of hydrogen-bond donors (Lipinski definition) is 7. The van der Waals surface area contributed by atoms with E-state index in [9.17, 15) is 34.5 Å². The van der Waals surface area contributed by atoms with E-state index in [1.54, 1.807) is 12.1 Å². The van der Waals surface area contributed by atoms with Gasteiger partial charge >= 0.3 is 5.97 Å². The van der Waals surface area contributed by atoms with E-state index in [-0.39, 0.29) is 18.6 Å². The minimum absolute atomic E-state index is 0.0181. The van der Waals surface area contributed by atoms with Crippen LogP contribution in [0.1, 0.15) is 25.8 Å². The summed E-state index contributed by atoms with van der Waals surface area (Å²) in [7, 11) is 0. The molecular weight excluding hydrogens is 452 g/mol. The molecule has 0 radical (unpaired) electrons. The molecule has 0 saturated heterocycles. The molecule has 0 heterocycles. The number of nitrogens with one attached hydrogen (secondary N) is 3. The summed E-state index contributed by atoms with van der Waals surface area (Å²) in [4.78, 5) is 49.0. The predicted octanol–water partition coefficient (Wildman–Crippen LogP) is -1.05. The number of aliphatic hydroxyl groups is 1. The zero-order valence-electron chi connectivity index (χ0n) is 18.8. The second-order valence-corrected chi connectivity index (χ2v) is 8.59. The van der Waals surface area contributed by atoms with Gasteiger partial charge in [-0.1, -0.05) is 12.1 Å². The maximum atomic E-state index is 12.9. The van der Waals surface area contributed by atoms with Gasteiger partial charge in [-0.05, 0) is 50.0 Å². The molecule has 12 heteroatoms. The second kappa shape index (κ2) is 13.7. The molecule has 1 aromatic rings. The van der Waals surface area contributed by atoms with E-state index >= 15 is 0 Å². The minimum Gasteiger partial charge on any atom is -0.508 e. The van der Waals surface area contributed by atoms with Crippen LogP contribution in [0.4, 0.5) is 0 Å². The van der Waals surface area contributed by atoms with Crippen LogP contribution < -0.4 is 21.7 Å². The third-order valence-corrected chi connectivity index (χ3v) is 5.45. The smallest absolute Gasteiger partial charge is 0.326 e. The van der Waals surface area contributed by atoms with Gasteiger partial charge in [-0.2, -0.15) is 11.8 Å². The molecule has 8 N–H and O–H groups in total. The predicted molar refractivity (Wildman–Crippen MR) is 124 cm³/mol. The first-order valence-electron chi connectivity index (χ1n) is 10.3. The van der Waals surface area contributed by atoms with Crippen molar-refractivity contribution in [3.05, 3.63) is 29.8 Å². The monoisotopic (exact) mass is 484 g/mol. The summed E-state index contributed by atoms with van der Waals surface area (Å²) in [6.07, 6.45) is 0.903. The van der Waals surface area contributed by atoms with Crippen molar-refractivity contribution in [2.75, 3.05) is 12.0 Å². The Balaban J connectivity index is 2.91. The molecule has 0 fully saturated rings. The van der Waals surface area contributed by atoms with Crippen molar-refractivity contribution < 1.29 is 34.5 Å². The summed E-state index contributed by atoms with van der Waals surface area (Å²) in [5.74, 6) is -2.77. The number of aliphatic hydroxyl groups excluding tert-OH is 1. The van der Waals surface area contributed by atoms with Crippen molar-refractivity contribution in [3.63, 3.8) is 0 Å². The minimum atomic E-state index is -1.27. The summed E-state index contributed by atoms with van der Waals surface area (Å²) >= 11 is 1.44. The van der Waals surface area contributed by atoms with E-state index in [4.69, 9.17) is 5.73 Å². The van der Waals surface area contributed by atoms with Crippen LogP contribution in [0.2, 0.25) is 0 Å². The molecule has 3 amide bonds. The Labute approximate surface area is 196 Å². The topological polar surface area (TPSA) is 191 Å². The number of hydrogen-bond acceptors (Lipinski definition) is 8. The number of phenols is 1. The lowest BCUT2D eigenvalue weighted by molar-refractivity contribution is -0.142. The van der Waals surface area contributed by atoms with Crippen molar-refractivity contribution in [2.24, 2.45) is 5.73 Å². The standard InChI is InChI=1S/C21H32N4O7S/c1-11(18(28)24-15(21(31)32)8-9-33-3)23-19(29)16(25-20(30)17(22)12(2)26)10-13-4-6-14(27)7-5-13/h4-7,11-12,15-17,26-27H,8-10,22H2,1-3H3,(H,23,29)(H,24,28)(H,25,30)(H,31,32). The Hall–Kier alpha value is -2.83. The number of rotatable bonds is 13. The number of carbonyl (C=O) groups excluding carboxylic acids is 3. The Morgan fingerprint density at radius 1 is 0.970 bits per heavy atom. The van der Waals surface area contributed by atoms with Crippen LogP contribution in [-0.4, -0.2) is 81.3 Å². The van der Waals surface area contributed by atoms with E-state index in [1.165, 1.54) is 37.7 Å². The van der Waals surface area contributed by atoms with Crippen LogP contribution in [0, 0.1) is 0 Å². The fourth-order valence-corrected chi connectivity index (χ4v) is 3.20. The lowest BCUT2D eigenvalue weighted by atomic mass is 10.0. The molecule has 0 spiro atoms. The molecule has 33 heavy (non-hydrogen) atoms. The zero-order valence-corrected chi connectivity index (χ0v) is 19.6. The maximum Gasteiger partial charge on any atom is 0.326 e. The second-order valence-electron chi connectivity index (χ2n) is 7.61. The van der Waals surface area contributed by atoms with Crippen molar-refractivity contribution in [1.29, 1.82) is 0 Å². The molecule has 0 aliphatic rings. The van der Waals surface area contributed by atoms with Crippen LogP contribution in [0.5, 0.6) is 5.75 Å². The molecule has 11 nitrogen and oxygen atoms in total. The highest BCUT2D eigenvalue weighted by Gasteiger charge is 2.29. The molecule has 0 aromatic heterocycles. The lowest BCUT2D eigenvalue weighted by Gasteiger charge is -2.24. The van der Waals surface area contributed by atoms with E-state index in [2.05, 4.69) is 16.0 Å². The molecule has 0 bridgehead atoms. The van der Waals surface area contributed by atoms with Gasteiger partial charge in [0.25, 0.3) is 0 Å². The fourth-order valence-electron chi connectivity index (χ4n) is 2.73. The van der Waals surface area contributed by atoms with Gasteiger partial charge in [0.05, 0.1) is 6.10 Å². The largest absolute Gasteiger partial charge is 0.508 e. The third kappa shape index (κ3) is 9.68. The van der Waals surface area contributed by atoms with Crippen LogP contribution in [0.3, 0.4) is 0 Å². The number of thioether (sulfide) groups is 1. The molecular formula is C21H32N4O7S. The summed E-state index contributed by atoms with van der Waals surface area (Å²) in [5.41, 5.74) is 6.26. The Bertz CT molecular complexity index is 819. The fraction of sp³-hybridized carbons (Fsp3) is 0.524. The van der Waals surface area contributed by atoms with Crippen LogP contribution in [-0.2, 0) is 25.6 Å². The molecule has 1 rings (SSSR count). The van der Waals surface area contributed by atoms with Gasteiger partial charge in [0.15, 0.2) is 0 Å². The van der Waals surface area contributed by atoms with Crippen LogP contribution >= 0.6 is 11.8 Å². The average molecular weight is 485 g/mol. The molecule has 0 saturated carbocycles. The van der Waals surface area contributed by atoms with Gasteiger partial charge in [-0.25, -0.2) is 4.79 Å². The Kier molecular flexibility index (Phi) is 11.7. The average Bonchev–Trinajstić information content (AvgIpc) is 2.76. The highest BCUT2D eigenvalue weighted by molar-refractivity contribution is 7.98. The van der Waals surface area contributed by atoms with Gasteiger partial charge in [0.2, 0.25) is 17.7 Å². The summed E-state index contributed by atoms with van der Waals surface area (Å²) in [5, 5.41) is 35.6. The number of aromatic hydroxyl groups is 1. The summed E-state index contributed by atoms with van der Waals surface area (Å²) in [6, 6.07) is 1.38. The van der Waals surface area contributed by atoms with Gasteiger partial charge in [0.1, 0.15) is 29.9 Å². The van der Waals surface area contributed by atoms with Crippen molar-refractivity contribution >= 4 is 35.5 Å². The number of amides is 3. The van der Waals surface area contributed by atoms with E-state index in [1.807, 2.05) is 6.26 Å². The lowest BCUT2D eigenvalue weighted by Crippen LogP contribution is -2.58. The van der Waals surface area contributed by atoms with Gasteiger partial charge in [0, 0.05) is 6.42 Å². The SMILES string of the molecule is CSCCC(NC(=O)C(C)NC(=O)C(Cc1ccc(O)cc1)NC(=O)C(N)C(C)O)C(=O)O. The van der Waals surface area contributed by atoms with Crippen molar-refractivity contribution in [2.45, 2.75) is 57.0 Å². The van der Waals surface area contributed by atoms with Gasteiger partial charge < -0.3 is 37.0 Å². The van der Waals surface area contributed by atoms with Crippen LogP contribution in [0.15, 0.2) is 24.3 Å². The first-order valence-corrected chi connectivity index (χ1v) is 11.7. The number of nitrogens with two attached hydrogens (primary N) is 1. The van der Waals surface area contributed by atoms with Gasteiger partial charge in [-0.3, -0.25) is 14.4 Å². The maximum absolute atomic E-state index is 12.9. The number of benzene rings is 1. The highest BCUT2D eigenvalue weighted by atomic mass is 32.2. The highest BCUT2D eigenvalue weighted by Crippen LogP contribution is 2.12. The molecule has 0 aliphatic heterocycles. The van der Waals surface area contributed by atoms with E-state index < -0.39 is 54.0 Å². The molecule has 5 unspecified atom stereocenters. The molecule has 1 aromatic carbocycles. The molecule has 5 atom stereocenters. The first kappa shape index (κ1) is 28.2. The Morgan fingerprint density at radius 2 is 1.55 bits per heavy atom. The molecule has 184 valence electrons. The molecule has 0 aliphatic carbocycles. The number of carbonyl (C=O) groups is 4. The third-order valence-electron chi connectivity index (χ3n) is 4.81. The van der Waals surface area contributed by atoms with Crippen molar-refractivity contribution in [1.82, 2.24) is 16.0 Å². The summed E-state index contributed by atoms with van der Waals surface area (Å²) in [6.45, 7) is 2.73. The number of carboxylic acids is 1. The zero-order chi connectivity index (χ0) is 25.1. The van der Waals surface area contributed by atoms with Gasteiger partial charge in [-0.15, -0.1) is 0 Å². The van der Waals surface area contributed by atoms with E-state index in [0.717, 1.165) is 0 Å².